The van der Waals surface area contributed by atoms with E-state index in [1.54, 1.807) is 7.11 Å². The van der Waals surface area contributed by atoms with Crippen molar-refractivity contribution in [3.63, 3.8) is 0 Å². The Balaban J connectivity index is 1.53. The Hall–Kier alpha value is -2.77. The zero-order chi connectivity index (χ0) is 22.0. The van der Waals surface area contributed by atoms with Crippen molar-refractivity contribution in [2.24, 2.45) is 5.92 Å². The van der Waals surface area contributed by atoms with Crippen molar-refractivity contribution in [1.29, 1.82) is 0 Å². The smallest absolute Gasteiger partial charge is 0.336 e. The van der Waals surface area contributed by atoms with Crippen LogP contribution in [0.15, 0.2) is 42.5 Å². The van der Waals surface area contributed by atoms with Crippen LogP contribution in [0.25, 0.3) is 0 Å². The van der Waals surface area contributed by atoms with Gasteiger partial charge in [0.1, 0.15) is 11.4 Å². The highest BCUT2D eigenvalue weighted by atomic mass is 16.7. The second-order valence-corrected chi connectivity index (χ2v) is 8.68. The van der Waals surface area contributed by atoms with E-state index in [0.29, 0.717) is 18.8 Å². The molecule has 1 unspecified atom stereocenters. The second kappa shape index (κ2) is 8.77. The fourth-order valence-electron chi connectivity index (χ4n) is 3.66. The summed E-state index contributed by atoms with van der Waals surface area (Å²) in [7, 11) is 1.61. The van der Waals surface area contributed by atoms with Gasteiger partial charge in [-0.3, -0.25) is 0 Å². The van der Waals surface area contributed by atoms with Crippen molar-refractivity contribution in [2.45, 2.75) is 45.2 Å². The molecule has 0 spiro atoms. The van der Waals surface area contributed by atoms with Crippen molar-refractivity contribution < 1.29 is 33.2 Å². The maximum absolute atomic E-state index is 13.0. The fourth-order valence-corrected chi connectivity index (χ4v) is 3.66. The molecule has 2 heterocycles. The van der Waals surface area contributed by atoms with Crippen LogP contribution < -0.4 is 14.2 Å². The molecule has 3 atom stereocenters. The van der Waals surface area contributed by atoms with Crippen LogP contribution in [0.4, 0.5) is 0 Å². The van der Waals surface area contributed by atoms with Crippen LogP contribution in [-0.2, 0) is 25.4 Å². The molecule has 31 heavy (non-hydrogen) atoms. The van der Waals surface area contributed by atoms with Crippen molar-refractivity contribution >= 4 is 5.97 Å². The highest BCUT2D eigenvalue weighted by Gasteiger charge is 2.40. The first kappa shape index (κ1) is 21.5. The second-order valence-electron chi connectivity index (χ2n) is 8.68. The number of rotatable bonds is 5. The number of carbonyl (C=O) groups excluding carboxylic acids is 1. The summed E-state index contributed by atoms with van der Waals surface area (Å²) < 4.78 is 33.9. The Morgan fingerprint density at radius 2 is 1.81 bits per heavy atom. The normalized spacial score (nSPS) is 22.8. The molecule has 0 amide bonds. The highest BCUT2D eigenvalue weighted by molar-refractivity contribution is 5.75. The van der Waals surface area contributed by atoms with Crippen LogP contribution in [-0.4, -0.2) is 38.2 Å². The number of ether oxygens (including phenoxy) is 6. The number of carbonyl (C=O) groups is 1. The van der Waals surface area contributed by atoms with E-state index in [2.05, 4.69) is 0 Å². The summed E-state index contributed by atoms with van der Waals surface area (Å²) >= 11 is 0. The monoisotopic (exact) mass is 428 g/mol. The van der Waals surface area contributed by atoms with E-state index < -0.39 is 18.0 Å². The average molecular weight is 428 g/mol. The lowest BCUT2D eigenvalue weighted by atomic mass is 9.93. The predicted molar refractivity (Wildman–Crippen MR) is 112 cm³/mol. The van der Waals surface area contributed by atoms with Gasteiger partial charge in [0.25, 0.3) is 0 Å². The number of benzene rings is 2. The molecule has 2 aromatic rings. The fraction of sp³-hybridized carbons (Fsp3) is 0.458. The number of methoxy groups -OCH3 is 1. The molecule has 7 heteroatoms. The quantitative estimate of drug-likeness (QED) is 0.666. The summed E-state index contributed by atoms with van der Waals surface area (Å²) in [4.78, 5) is 13.0. The summed E-state index contributed by atoms with van der Waals surface area (Å²) in [6.45, 7) is 6.11. The van der Waals surface area contributed by atoms with E-state index in [4.69, 9.17) is 28.4 Å². The van der Waals surface area contributed by atoms with Crippen molar-refractivity contribution in [2.75, 3.05) is 20.5 Å². The van der Waals surface area contributed by atoms with E-state index in [1.807, 2.05) is 63.2 Å². The van der Waals surface area contributed by atoms with Crippen LogP contribution in [0, 0.1) is 5.92 Å². The van der Waals surface area contributed by atoms with Gasteiger partial charge in [-0.1, -0.05) is 18.2 Å². The molecule has 0 bridgehead atoms. The molecule has 2 aliphatic rings. The Labute approximate surface area is 182 Å². The van der Waals surface area contributed by atoms with Crippen LogP contribution in [0.5, 0.6) is 17.2 Å². The lowest BCUT2D eigenvalue weighted by Gasteiger charge is -2.36. The van der Waals surface area contributed by atoms with Crippen molar-refractivity contribution in [3.8, 4) is 17.2 Å². The van der Waals surface area contributed by atoms with E-state index in [9.17, 15) is 4.79 Å². The van der Waals surface area contributed by atoms with Gasteiger partial charge in [0.2, 0.25) is 6.79 Å². The van der Waals surface area contributed by atoms with Crippen LogP contribution in [0.3, 0.4) is 0 Å². The third-order valence-electron chi connectivity index (χ3n) is 5.12. The van der Waals surface area contributed by atoms with Crippen LogP contribution in [0.2, 0.25) is 0 Å². The summed E-state index contributed by atoms with van der Waals surface area (Å²) in [6, 6.07) is 13.2. The maximum atomic E-state index is 13.0. The molecule has 4 rings (SSSR count). The Bertz CT molecular complexity index is 917. The molecule has 0 saturated carbocycles. The Morgan fingerprint density at radius 3 is 2.52 bits per heavy atom. The van der Waals surface area contributed by atoms with Crippen molar-refractivity contribution in [1.82, 2.24) is 0 Å². The minimum absolute atomic E-state index is 0.204. The summed E-state index contributed by atoms with van der Waals surface area (Å²) in [6.07, 6.45) is -0.836. The van der Waals surface area contributed by atoms with Gasteiger partial charge in [-0.15, -0.1) is 0 Å². The summed E-state index contributed by atoms with van der Waals surface area (Å²) in [5.74, 6) is 1.58. The molecule has 7 nitrogen and oxygen atoms in total. The van der Waals surface area contributed by atoms with Gasteiger partial charge >= 0.3 is 5.97 Å². The highest BCUT2D eigenvalue weighted by Crippen LogP contribution is 2.36. The van der Waals surface area contributed by atoms with E-state index in [-0.39, 0.29) is 18.7 Å². The molecule has 0 aromatic heterocycles. The van der Waals surface area contributed by atoms with Crippen LogP contribution in [0.1, 0.15) is 38.2 Å². The third kappa shape index (κ3) is 5.11. The molecular weight excluding hydrogens is 400 g/mol. The Morgan fingerprint density at radius 1 is 1.06 bits per heavy atom. The predicted octanol–water partition coefficient (Wildman–Crippen LogP) is 4.04. The molecule has 2 aromatic carbocycles. The van der Waals surface area contributed by atoms with E-state index in [1.165, 1.54) is 0 Å². The first-order valence-corrected chi connectivity index (χ1v) is 10.3. The summed E-state index contributed by atoms with van der Waals surface area (Å²) in [5.41, 5.74) is 1.21. The van der Waals surface area contributed by atoms with Gasteiger partial charge in [0.05, 0.1) is 13.7 Å². The standard InChI is InChI=1S/C24H28O7/c1-24(2,3)31-22(25)21-17(11-15-5-10-19-20(12-15)29-14-28-19)13-27-23(30-21)16-6-8-18(26-4)9-7-16/h5-10,12,17,21,23H,11,13-14H2,1-4H3/t17-,21-,23?/m0/s1. The van der Waals surface area contributed by atoms with Crippen LogP contribution >= 0.6 is 0 Å². The molecule has 2 aliphatic heterocycles. The first-order valence-electron chi connectivity index (χ1n) is 10.3. The van der Waals surface area contributed by atoms with Gasteiger partial charge < -0.3 is 28.4 Å². The number of hydrogen-bond acceptors (Lipinski definition) is 7. The molecule has 0 N–H and O–H groups in total. The zero-order valence-electron chi connectivity index (χ0n) is 18.3. The maximum Gasteiger partial charge on any atom is 0.336 e. The molecule has 166 valence electrons. The lowest BCUT2D eigenvalue weighted by molar-refractivity contribution is -0.249. The van der Waals surface area contributed by atoms with Gasteiger partial charge in [0, 0.05) is 11.5 Å². The Kier molecular flexibility index (Phi) is 6.07. The van der Waals surface area contributed by atoms with Gasteiger partial charge in [-0.25, -0.2) is 4.79 Å². The molecule has 0 radical (unpaired) electrons. The topological polar surface area (TPSA) is 72.5 Å². The van der Waals surface area contributed by atoms with Crippen molar-refractivity contribution in [3.05, 3.63) is 53.6 Å². The summed E-state index contributed by atoms with van der Waals surface area (Å²) in [5, 5.41) is 0. The third-order valence-corrected chi connectivity index (χ3v) is 5.12. The minimum Gasteiger partial charge on any atom is -0.497 e. The molecule has 0 aliphatic carbocycles. The first-order chi connectivity index (χ1) is 14.8. The largest absolute Gasteiger partial charge is 0.497 e. The number of esters is 1. The van der Waals surface area contributed by atoms with Gasteiger partial charge in [0.15, 0.2) is 23.9 Å². The molecule has 1 saturated heterocycles. The molecular formula is C24H28O7. The van der Waals surface area contributed by atoms with E-state index >= 15 is 0 Å². The van der Waals surface area contributed by atoms with Gasteiger partial charge in [-0.2, -0.15) is 0 Å². The van der Waals surface area contributed by atoms with Gasteiger partial charge in [-0.05, 0) is 57.0 Å². The average Bonchev–Trinajstić information content (AvgIpc) is 3.21. The SMILES string of the molecule is COc1ccc(C2OC[C@H](Cc3ccc4c(c3)OCO4)[C@@H](C(=O)OC(C)(C)C)O2)cc1. The van der Waals surface area contributed by atoms with E-state index in [0.717, 1.165) is 22.6 Å². The molecule has 1 fully saturated rings. The number of fused-ring (bicyclic) bond motifs is 1. The zero-order valence-corrected chi connectivity index (χ0v) is 18.3. The number of hydrogen-bond donors (Lipinski definition) is 0. The lowest BCUT2D eigenvalue weighted by Crippen LogP contribution is -2.45. The minimum atomic E-state index is -0.759.